The molecule has 2 heterocycles. The first-order valence-corrected chi connectivity index (χ1v) is 7.91. The minimum Gasteiger partial charge on any atom is -0.490 e. The van der Waals surface area contributed by atoms with E-state index in [1.807, 2.05) is 31.2 Å². The predicted octanol–water partition coefficient (Wildman–Crippen LogP) is 2.93. The van der Waals surface area contributed by atoms with Crippen molar-refractivity contribution in [2.24, 2.45) is 0 Å². The molecule has 2 atom stereocenters. The van der Waals surface area contributed by atoms with E-state index in [9.17, 15) is 5.11 Å². The molecule has 2 bridgehead atoms. The third-order valence-electron chi connectivity index (χ3n) is 4.38. The van der Waals surface area contributed by atoms with Crippen molar-refractivity contribution in [3.8, 4) is 11.5 Å². The van der Waals surface area contributed by atoms with Gasteiger partial charge in [0.1, 0.15) is 0 Å². The van der Waals surface area contributed by atoms with Crippen LogP contribution < -0.4 is 9.47 Å². The Labute approximate surface area is 126 Å². The van der Waals surface area contributed by atoms with Crippen molar-refractivity contribution in [3.05, 3.63) is 24.3 Å². The third-order valence-corrected chi connectivity index (χ3v) is 4.38. The van der Waals surface area contributed by atoms with E-state index in [0.717, 1.165) is 37.2 Å². The first kappa shape index (κ1) is 14.7. The van der Waals surface area contributed by atoms with Gasteiger partial charge in [0.05, 0.1) is 31.0 Å². The number of aliphatic hydroxyl groups is 1. The van der Waals surface area contributed by atoms with Crippen LogP contribution in [-0.2, 0) is 4.74 Å². The van der Waals surface area contributed by atoms with Gasteiger partial charge < -0.3 is 19.3 Å². The average Bonchev–Trinajstić information content (AvgIpc) is 2.81. The monoisotopic (exact) mass is 292 g/mol. The van der Waals surface area contributed by atoms with Crippen molar-refractivity contribution in [3.63, 3.8) is 0 Å². The summed E-state index contributed by atoms with van der Waals surface area (Å²) in [5, 5.41) is 10.7. The fraction of sp³-hybridized carbons (Fsp3) is 0.647. The maximum Gasteiger partial charge on any atom is 0.161 e. The molecule has 2 aliphatic heterocycles. The summed E-state index contributed by atoms with van der Waals surface area (Å²) < 4.78 is 17.2. The van der Waals surface area contributed by atoms with Crippen LogP contribution in [0.3, 0.4) is 0 Å². The summed E-state index contributed by atoms with van der Waals surface area (Å²) in [5.41, 5.74) is -0.634. The van der Waals surface area contributed by atoms with Crippen LogP contribution in [-0.4, -0.2) is 36.1 Å². The maximum absolute atomic E-state index is 10.7. The summed E-state index contributed by atoms with van der Waals surface area (Å²) in [6, 6.07) is 7.67. The molecular weight excluding hydrogens is 268 g/mol. The highest BCUT2D eigenvalue weighted by Crippen LogP contribution is 2.40. The molecule has 4 nitrogen and oxygen atoms in total. The van der Waals surface area contributed by atoms with Gasteiger partial charge in [-0.1, -0.05) is 12.1 Å². The van der Waals surface area contributed by atoms with E-state index in [-0.39, 0.29) is 12.2 Å². The second kappa shape index (κ2) is 6.24. The Morgan fingerprint density at radius 3 is 2.38 bits per heavy atom. The van der Waals surface area contributed by atoms with E-state index >= 15 is 0 Å². The lowest BCUT2D eigenvalue weighted by Crippen LogP contribution is -2.42. The SMILES string of the molecule is CCOc1ccccc1OCCC1(O)CC2CCC(C1)O2. The van der Waals surface area contributed by atoms with E-state index in [4.69, 9.17) is 14.2 Å². The van der Waals surface area contributed by atoms with Crippen molar-refractivity contribution in [1.82, 2.24) is 0 Å². The molecule has 1 aromatic rings. The van der Waals surface area contributed by atoms with E-state index in [1.165, 1.54) is 0 Å². The van der Waals surface area contributed by atoms with Gasteiger partial charge >= 0.3 is 0 Å². The summed E-state index contributed by atoms with van der Waals surface area (Å²) in [7, 11) is 0. The highest BCUT2D eigenvalue weighted by Gasteiger charge is 2.43. The summed E-state index contributed by atoms with van der Waals surface area (Å²) in [5.74, 6) is 1.51. The smallest absolute Gasteiger partial charge is 0.161 e. The molecule has 0 spiro atoms. The molecule has 4 heteroatoms. The van der Waals surface area contributed by atoms with Crippen molar-refractivity contribution in [1.29, 1.82) is 0 Å². The molecule has 0 radical (unpaired) electrons. The first-order chi connectivity index (χ1) is 10.2. The quantitative estimate of drug-likeness (QED) is 0.876. The molecule has 116 valence electrons. The second-order valence-electron chi connectivity index (χ2n) is 6.07. The van der Waals surface area contributed by atoms with Gasteiger partial charge in [-0.05, 0) is 31.9 Å². The van der Waals surface area contributed by atoms with Crippen LogP contribution >= 0.6 is 0 Å². The van der Waals surface area contributed by atoms with Crippen LogP contribution in [0.5, 0.6) is 11.5 Å². The predicted molar refractivity (Wildman–Crippen MR) is 79.8 cm³/mol. The number of para-hydroxylation sites is 2. The Bertz CT molecular complexity index is 462. The highest BCUT2D eigenvalue weighted by molar-refractivity contribution is 5.39. The molecule has 2 saturated heterocycles. The summed E-state index contributed by atoms with van der Waals surface area (Å²) in [4.78, 5) is 0. The fourth-order valence-corrected chi connectivity index (χ4v) is 3.41. The van der Waals surface area contributed by atoms with Gasteiger partial charge in [-0.25, -0.2) is 0 Å². The largest absolute Gasteiger partial charge is 0.490 e. The molecule has 2 fully saturated rings. The summed E-state index contributed by atoms with van der Waals surface area (Å²) in [6.07, 6.45) is 4.76. The third kappa shape index (κ3) is 3.50. The average molecular weight is 292 g/mol. The fourth-order valence-electron chi connectivity index (χ4n) is 3.41. The highest BCUT2D eigenvalue weighted by atomic mass is 16.5. The van der Waals surface area contributed by atoms with Gasteiger partial charge in [0, 0.05) is 19.3 Å². The van der Waals surface area contributed by atoms with E-state index in [2.05, 4.69) is 0 Å². The zero-order chi connectivity index (χ0) is 14.7. The summed E-state index contributed by atoms with van der Waals surface area (Å²) in [6.45, 7) is 3.07. The molecule has 1 N–H and O–H groups in total. The lowest BCUT2D eigenvalue weighted by atomic mass is 9.87. The van der Waals surface area contributed by atoms with Crippen molar-refractivity contribution >= 4 is 0 Å². The van der Waals surface area contributed by atoms with Crippen LogP contribution in [0.2, 0.25) is 0 Å². The van der Waals surface area contributed by atoms with Crippen LogP contribution in [0.25, 0.3) is 0 Å². The van der Waals surface area contributed by atoms with Crippen LogP contribution in [0.4, 0.5) is 0 Å². The number of rotatable bonds is 6. The zero-order valence-electron chi connectivity index (χ0n) is 12.6. The van der Waals surface area contributed by atoms with Gasteiger partial charge in [-0.3, -0.25) is 0 Å². The molecule has 1 aromatic carbocycles. The van der Waals surface area contributed by atoms with Crippen molar-refractivity contribution < 1.29 is 19.3 Å². The number of hydrogen-bond acceptors (Lipinski definition) is 4. The molecule has 0 amide bonds. The van der Waals surface area contributed by atoms with E-state index < -0.39 is 5.60 Å². The van der Waals surface area contributed by atoms with Crippen molar-refractivity contribution in [2.75, 3.05) is 13.2 Å². The van der Waals surface area contributed by atoms with Crippen LogP contribution in [0.1, 0.15) is 39.0 Å². The van der Waals surface area contributed by atoms with Gasteiger partial charge in [0.25, 0.3) is 0 Å². The molecule has 0 aliphatic carbocycles. The molecular formula is C17H24O4. The summed E-state index contributed by atoms with van der Waals surface area (Å²) >= 11 is 0. The molecule has 2 aliphatic rings. The molecule has 21 heavy (non-hydrogen) atoms. The van der Waals surface area contributed by atoms with Crippen LogP contribution in [0, 0.1) is 0 Å². The van der Waals surface area contributed by atoms with Crippen molar-refractivity contribution in [2.45, 2.75) is 56.8 Å². The Hall–Kier alpha value is -1.26. The lowest BCUT2D eigenvalue weighted by molar-refractivity contribution is -0.117. The molecule has 0 saturated carbocycles. The number of hydrogen-bond donors (Lipinski definition) is 1. The zero-order valence-corrected chi connectivity index (χ0v) is 12.6. The standard InChI is InChI=1S/C17H24O4/c1-2-19-15-5-3-4-6-16(15)20-10-9-17(18)11-13-7-8-14(12-17)21-13/h3-6,13-14,18H,2,7-12H2,1H3. The first-order valence-electron chi connectivity index (χ1n) is 7.91. The minimum absolute atomic E-state index is 0.240. The van der Waals surface area contributed by atoms with Gasteiger partial charge in [-0.2, -0.15) is 0 Å². The topological polar surface area (TPSA) is 47.9 Å². The lowest BCUT2D eigenvalue weighted by Gasteiger charge is -2.36. The van der Waals surface area contributed by atoms with E-state index in [1.54, 1.807) is 0 Å². The van der Waals surface area contributed by atoms with Gasteiger partial charge in [0.15, 0.2) is 11.5 Å². The minimum atomic E-state index is -0.634. The molecule has 0 aromatic heterocycles. The Morgan fingerprint density at radius 1 is 1.14 bits per heavy atom. The number of benzene rings is 1. The Kier molecular flexibility index (Phi) is 4.36. The number of ether oxygens (including phenoxy) is 3. The van der Waals surface area contributed by atoms with Crippen LogP contribution in [0.15, 0.2) is 24.3 Å². The molecule has 2 unspecified atom stereocenters. The Balaban J connectivity index is 1.54. The normalized spacial score (nSPS) is 31.1. The number of fused-ring (bicyclic) bond motifs is 2. The molecule has 3 rings (SSSR count). The maximum atomic E-state index is 10.7. The van der Waals surface area contributed by atoms with E-state index in [0.29, 0.717) is 19.6 Å². The van der Waals surface area contributed by atoms with Gasteiger partial charge in [0.2, 0.25) is 0 Å². The second-order valence-corrected chi connectivity index (χ2v) is 6.07. The Morgan fingerprint density at radius 2 is 1.76 bits per heavy atom. The van der Waals surface area contributed by atoms with Gasteiger partial charge in [-0.15, -0.1) is 0 Å².